The van der Waals surface area contributed by atoms with E-state index in [2.05, 4.69) is 36.1 Å². The van der Waals surface area contributed by atoms with Gasteiger partial charge in [-0.1, -0.05) is 4.85 Å². The zero-order valence-corrected chi connectivity index (χ0v) is 5.08. The number of nitrogens with one attached hydrogen (secondary N) is 1. The first-order chi connectivity index (χ1) is 5.38. The van der Waals surface area contributed by atoms with E-state index < -0.39 is 0 Å². The van der Waals surface area contributed by atoms with E-state index in [0.29, 0.717) is 4.85 Å². The van der Waals surface area contributed by atoms with E-state index in [4.69, 9.17) is 5.21 Å². The quantitative estimate of drug-likeness (QED) is 0.460. The molecule has 0 aliphatic carbocycles. The van der Waals surface area contributed by atoms with Gasteiger partial charge in [-0.25, -0.2) is 0 Å². The van der Waals surface area contributed by atoms with Gasteiger partial charge in [0.25, 0.3) is 5.82 Å². The summed E-state index contributed by atoms with van der Waals surface area (Å²) >= 11 is 0. The Kier molecular flexibility index (Phi) is 1.02. The van der Waals surface area contributed by atoms with Gasteiger partial charge in [0, 0.05) is 0 Å². The smallest absolute Gasteiger partial charge is 0.263 e. The Morgan fingerprint density at radius 1 is 1.36 bits per heavy atom. The predicted octanol–water partition coefficient (Wildman–Crippen LogP) is -1.91. The zero-order valence-electron chi connectivity index (χ0n) is 5.08. The molecule has 2 N–H and O–H groups in total. The summed E-state index contributed by atoms with van der Waals surface area (Å²) < 4.78 is 0. The average molecular weight is 154 g/mol. The molecule has 2 aromatic heterocycles. The van der Waals surface area contributed by atoms with Crippen LogP contribution in [0.1, 0.15) is 0 Å². The van der Waals surface area contributed by atoms with E-state index in [-0.39, 0.29) is 11.6 Å². The van der Waals surface area contributed by atoms with Crippen molar-refractivity contribution in [1.82, 2.24) is 41.0 Å². The number of hydrogen-bond acceptors (Lipinski definition) is 7. The molecule has 0 unspecified atom stereocenters. The molecule has 2 heterocycles. The lowest BCUT2D eigenvalue weighted by molar-refractivity contribution is 0.147. The highest BCUT2D eigenvalue weighted by Crippen LogP contribution is 2.03. The van der Waals surface area contributed by atoms with Crippen LogP contribution >= 0.6 is 0 Å². The van der Waals surface area contributed by atoms with Crippen LogP contribution in [-0.2, 0) is 0 Å². The first kappa shape index (κ1) is 5.70. The molecule has 0 saturated carbocycles. The second-order valence-corrected chi connectivity index (χ2v) is 1.63. The third-order valence-electron chi connectivity index (χ3n) is 0.999. The molecular formula is C2H2N8O. The van der Waals surface area contributed by atoms with E-state index in [9.17, 15) is 0 Å². The largest absolute Gasteiger partial charge is 0.409 e. The van der Waals surface area contributed by atoms with Crippen LogP contribution in [0.4, 0.5) is 0 Å². The van der Waals surface area contributed by atoms with Gasteiger partial charge in [-0.2, -0.15) is 5.21 Å². The molecule has 0 fully saturated rings. The second kappa shape index (κ2) is 1.97. The molecule has 2 rings (SSSR count). The van der Waals surface area contributed by atoms with E-state index in [1.807, 2.05) is 0 Å². The Labute approximate surface area is 59.0 Å². The van der Waals surface area contributed by atoms with Gasteiger partial charge < -0.3 is 5.21 Å². The molecule has 9 heteroatoms. The Balaban J connectivity index is 2.53. The van der Waals surface area contributed by atoms with Crippen LogP contribution in [0.25, 0.3) is 11.6 Å². The highest BCUT2D eigenvalue weighted by Gasteiger charge is 2.11. The SMILES string of the molecule is On1nnnc1-c1nn[nH]n1. The highest BCUT2D eigenvalue weighted by molar-refractivity contribution is 5.38. The fraction of sp³-hybridized carbons (Fsp3) is 0. The van der Waals surface area contributed by atoms with Crippen LogP contribution in [0.5, 0.6) is 0 Å². The van der Waals surface area contributed by atoms with E-state index in [1.54, 1.807) is 0 Å². The van der Waals surface area contributed by atoms with Crippen molar-refractivity contribution in [3.05, 3.63) is 0 Å². The lowest BCUT2D eigenvalue weighted by Crippen LogP contribution is -1.97. The van der Waals surface area contributed by atoms with Crippen LogP contribution in [0, 0.1) is 0 Å². The van der Waals surface area contributed by atoms with Gasteiger partial charge in [-0.3, -0.25) is 0 Å². The average Bonchev–Trinajstić information content (AvgIpc) is 2.55. The fourth-order valence-corrected chi connectivity index (χ4v) is 0.573. The third kappa shape index (κ3) is 0.781. The minimum Gasteiger partial charge on any atom is -0.409 e. The summed E-state index contributed by atoms with van der Waals surface area (Å²) in [6, 6.07) is 0. The predicted molar refractivity (Wildman–Crippen MR) is 28.2 cm³/mol. The number of aromatic nitrogens is 8. The van der Waals surface area contributed by atoms with Crippen LogP contribution in [0.3, 0.4) is 0 Å². The summed E-state index contributed by atoms with van der Waals surface area (Å²) in [5.41, 5.74) is 0. The molecule has 0 saturated heterocycles. The maximum Gasteiger partial charge on any atom is 0.263 e. The molecule has 0 aliphatic rings. The number of nitrogens with zero attached hydrogens (tertiary/aromatic N) is 7. The van der Waals surface area contributed by atoms with Crippen molar-refractivity contribution in [2.24, 2.45) is 0 Å². The molecule has 11 heavy (non-hydrogen) atoms. The molecule has 0 aliphatic heterocycles. The topological polar surface area (TPSA) is 118 Å². The molecule has 56 valence electrons. The van der Waals surface area contributed by atoms with Gasteiger partial charge in [0.1, 0.15) is 0 Å². The van der Waals surface area contributed by atoms with Crippen molar-refractivity contribution in [2.45, 2.75) is 0 Å². The minimum atomic E-state index is 0.0405. The maximum absolute atomic E-state index is 8.88. The Morgan fingerprint density at radius 2 is 2.27 bits per heavy atom. The molecule has 2 aromatic rings. The number of tetrazole rings is 2. The van der Waals surface area contributed by atoms with Crippen molar-refractivity contribution in [1.29, 1.82) is 0 Å². The maximum atomic E-state index is 8.88. The van der Waals surface area contributed by atoms with Crippen molar-refractivity contribution >= 4 is 0 Å². The standard InChI is InChI=1S/C2H2N8O/c11-10-2(5-8-9-10)1-3-6-7-4-1/h11H,(H,3,4,6,7). The molecule has 0 radical (unpaired) electrons. The van der Waals surface area contributed by atoms with Crippen molar-refractivity contribution in [3.8, 4) is 11.6 Å². The first-order valence-electron chi connectivity index (χ1n) is 2.59. The molecule has 0 spiro atoms. The van der Waals surface area contributed by atoms with E-state index >= 15 is 0 Å². The number of hydrogen-bond donors (Lipinski definition) is 2. The van der Waals surface area contributed by atoms with Crippen LogP contribution in [-0.4, -0.2) is 46.2 Å². The zero-order chi connectivity index (χ0) is 7.68. The molecular weight excluding hydrogens is 152 g/mol. The van der Waals surface area contributed by atoms with Crippen molar-refractivity contribution in [2.75, 3.05) is 0 Å². The normalized spacial score (nSPS) is 10.2. The lowest BCUT2D eigenvalue weighted by atomic mass is 10.6. The minimum absolute atomic E-state index is 0.0405. The summed E-state index contributed by atoms with van der Waals surface area (Å²) in [4.78, 5) is 0.463. The molecule has 0 aromatic carbocycles. The highest BCUT2D eigenvalue weighted by atomic mass is 16.5. The van der Waals surface area contributed by atoms with Gasteiger partial charge in [-0.05, 0) is 15.6 Å². The Bertz CT molecular complexity index is 335. The summed E-state index contributed by atoms with van der Waals surface area (Å²) in [6.07, 6.45) is 0. The van der Waals surface area contributed by atoms with Gasteiger partial charge in [0.05, 0.1) is 0 Å². The van der Waals surface area contributed by atoms with Gasteiger partial charge in [-0.15, -0.1) is 15.3 Å². The Hall–Kier alpha value is -2.06. The van der Waals surface area contributed by atoms with E-state index in [0.717, 1.165) is 0 Å². The third-order valence-corrected chi connectivity index (χ3v) is 0.999. The van der Waals surface area contributed by atoms with E-state index in [1.165, 1.54) is 0 Å². The fourth-order valence-electron chi connectivity index (χ4n) is 0.573. The summed E-state index contributed by atoms with van der Waals surface area (Å²) in [6.45, 7) is 0. The van der Waals surface area contributed by atoms with Crippen molar-refractivity contribution in [3.63, 3.8) is 0 Å². The lowest BCUT2D eigenvalue weighted by Gasteiger charge is -1.85. The summed E-state index contributed by atoms with van der Waals surface area (Å²) in [7, 11) is 0. The molecule has 0 atom stereocenters. The molecule has 9 nitrogen and oxygen atoms in total. The number of H-pyrrole nitrogens is 1. The van der Waals surface area contributed by atoms with Crippen LogP contribution < -0.4 is 0 Å². The van der Waals surface area contributed by atoms with Crippen LogP contribution in [0.15, 0.2) is 0 Å². The first-order valence-corrected chi connectivity index (χ1v) is 2.59. The van der Waals surface area contributed by atoms with Gasteiger partial charge in [0.15, 0.2) is 0 Å². The second-order valence-electron chi connectivity index (χ2n) is 1.63. The van der Waals surface area contributed by atoms with Gasteiger partial charge in [0.2, 0.25) is 5.82 Å². The summed E-state index contributed by atoms with van der Waals surface area (Å²) in [5.74, 6) is 0.177. The van der Waals surface area contributed by atoms with Gasteiger partial charge >= 0.3 is 0 Å². The van der Waals surface area contributed by atoms with Crippen molar-refractivity contribution < 1.29 is 5.21 Å². The number of aromatic amines is 1. The number of rotatable bonds is 1. The summed E-state index contributed by atoms with van der Waals surface area (Å²) in [5, 5.41) is 31.2. The molecule has 0 bridgehead atoms. The Morgan fingerprint density at radius 3 is 2.82 bits per heavy atom. The molecule has 0 amide bonds. The van der Waals surface area contributed by atoms with Crippen LogP contribution in [0.2, 0.25) is 0 Å². The monoisotopic (exact) mass is 154 g/mol.